The lowest BCUT2D eigenvalue weighted by molar-refractivity contribution is -0.120. The first kappa shape index (κ1) is 21.0. The highest BCUT2D eigenvalue weighted by molar-refractivity contribution is 7.09. The Labute approximate surface area is 181 Å². The van der Waals surface area contributed by atoms with E-state index in [9.17, 15) is 4.79 Å². The van der Waals surface area contributed by atoms with Gasteiger partial charge in [-0.1, -0.05) is 25.7 Å². The molecule has 7 heteroatoms. The lowest BCUT2D eigenvalue weighted by Gasteiger charge is -2.15. The molecular formula is C23H30N4O2S. The molecule has 1 amide bonds. The summed E-state index contributed by atoms with van der Waals surface area (Å²) < 4.78 is 5.93. The van der Waals surface area contributed by atoms with Crippen LogP contribution >= 0.6 is 11.3 Å². The fraction of sp³-hybridized carbons (Fsp3) is 0.522. The minimum Gasteiger partial charge on any atom is -0.459 e. The van der Waals surface area contributed by atoms with Crippen LogP contribution in [0.1, 0.15) is 54.9 Å². The van der Waals surface area contributed by atoms with Gasteiger partial charge in [-0.3, -0.25) is 9.69 Å². The zero-order valence-electron chi connectivity index (χ0n) is 17.8. The highest BCUT2D eigenvalue weighted by atomic mass is 32.1. The Morgan fingerprint density at radius 2 is 2.07 bits per heavy atom. The maximum absolute atomic E-state index is 12.7. The molecule has 0 unspecified atom stereocenters. The normalized spacial score (nSPS) is 15.6. The van der Waals surface area contributed by atoms with Crippen molar-refractivity contribution in [3.63, 3.8) is 0 Å². The van der Waals surface area contributed by atoms with Gasteiger partial charge in [0, 0.05) is 29.6 Å². The number of fused-ring (bicyclic) bond motifs is 1. The van der Waals surface area contributed by atoms with E-state index >= 15 is 0 Å². The van der Waals surface area contributed by atoms with Crippen molar-refractivity contribution in [1.82, 2.24) is 14.9 Å². The number of aromatic nitrogens is 2. The second-order valence-corrected chi connectivity index (χ2v) is 9.25. The molecular weight excluding hydrogens is 396 g/mol. The number of aryl methyl sites for hydroxylation is 1. The Balaban J connectivity index is 1.44. The van der Waals surface area contributed by atoms with Gasteiger partial charge in [-0.2, -0.15) is 0 Å². The van der Waals surface area contributed by atoms with E-state index in [-0.39, 0.29) is 11.8 Å². The Morgan fingerprint density at radius 1 is 1.27 bits per heavy atom. The summed E-state index contributed by atoms with van der Waals surface area (Å²) in [5.41, 5.74) is 2.74. The molecule has 1 aliphatic rings. The van der Waals surface area contributed by atoms with Crippen molar-refractivity contribution in [3.05, 3.63) is 40.0 Å². The molecule has 1 fully saturated rings. The van der Waals surface area contributed by atoms with Crippen LogP contribution < -0.4 is 5.32 Å². The van der Waals surface area contributed by atoms with Crippen LogP contribution in [-0.4, -0.2) is 34.4 Å². The predicted molar refractivity (Wildman–Crippen MR) is 121 cm³/mol. The van der Waals surface area contributed by atoms with E-state index in [1.54, 1.807) is 11.3 Å². The number of anilines is 1. The standard InChI is InChI=1S/C23H30N4O2S/c1-16-18(11-13-27(2)15-21-24-12-14-30-21)22-19(29-16)9-10-20(25-22)26-23(28)17-7-5-3-4-6-8-17/h9-10,12,14,17H,3-8,11,13,15H2,1-2H3,(H,25,26,28). The first-order valence-corrected chi connectivity index (χ1v) is 11.7. The van der Waals surface area contributed by atoms with Crippen LogP contribution in [0.5, 0.6) is 0 Å². The van der Waals surface area contributed by atoms with Gasteiger partial charge in [-0.05, 0) is 45.4 Å². The number of furan rings is 1. The molecule has 0 bridgehead atoms. The van der Waals surface area contributed by atoms with E-state index in [0.717, 1.165) is 72.6 Å². The lowest BCUT2D eigenvalue weighted by atomic mass is 9.99. The molecule has 0 aromatic carbocycles. The molecule has 0 saturated heterocycles. The summed E-state index contributed by atoms with van der Waals surface area (Å²) in [5.74, 6) is 1.73. The number of hydrogen-bond acceptors (Lipinski definition) is 6. The van der Waals surface area contributed by atoms with Crippen molar-refractivity contribution < 1.29 is 9.21 Å². The highest BCUT2D eigenvalue weighted by Gasteiger charge is 2.21. The molecule has 4 rings (SSSR count). The number of amides is 1. The molecule has 3 aromatic rings. The number of likely N-dealkylation sites (N-methyl/N-ethyl adjacent to an activating group) is 1. The number of carbonyl (C=O) groups excluding carboxylic acids is 1. The van der Waals surface area contributed by atoms with E-state index in [1.165, 1.54) is 12.8 Å². The van der Waals surface area contributed by atoms with Crippen LogP contribution in [-0.2, 0) is 17.8 Å². The maximum atomic E-state index is 12.7. The number of rotatable bonds is 7. The maximum Gasteiger partial charge on any atom is 0.228 e. The monoisotopic (exact) mass is 426 g/mol. The van der Waals surface area contributed by atoms with Crippen LogP contribution in [0.2, 0.25) is 0 Å². The molecule has 0 spiro atoms. The third-order valence-electron chi connectivity index (χ3n) is 5.94. The fourth-order valence-electron chi connectivity index (χ4n) is 4.22. The van der Waals surface area contributed by atoms with Gasteiger partial charge in [-0.15, -0.1) is 11.3 Å². The number of nitrogens with one attached hydrogen (secondary N) is 1. The Kier molecular flexibility index (Phi) is 6.79. The van der Waals surface area contributed by atoms with E-state index in [1.807, 2.05) is 30.6 Å². The van der Waals surface area contributed by atoms with Crippen molar-refractivity contribution in [2.75, 3.05) is 18.9 Å². The molecule has 3 aromatic heterocycles. The molecule has 3 heterocycles. The number of hydrogen-bond donors (Lipinski definition) is 1. The molecule has 0 radical (unpaired) electrons. The van der Waals surface area contributed by atoms with Gasteiger partial charge in [0.2, 0.25) is 5.91 Å². The second kappa shape index (κ2) is 9.71. The average molecular weight is 427 g/mol. The lowest BCUT2D eigenvalue weighted by Crippen LogP contribution is -2.23. The van der Waals surface area contributed by atoms with E-state index in [2.05, 4.69) is 22.2 Å². The molecule has 30 heavy (non-hydrogen) atoms. The highest BCUT2D eigenvalue weighted by Crippen LogP contribution is 2.28. The number of nitrogens with zero attached hydrogens (tertiary/aromatic N) is 3. The fourth-order valence-corrected chi connectivity index (χ4v) is 4.91. The average Bonchev–Trinajstić information content (AvgIpc) is 3.23. The summed E-state index contributed by atoms with van der Waals surface area (Å²) in [6.45, 7) is 3.71. The molecule has 1 N–H and O–H groups in total. The molecule has 6 nitrogen and oxygen atoms in total. The smallest absolute Gasteiger partial charge is 0.228 e. The number of pyridine rings is 1. The number of carbonyl (C=O) groups is 1. The van der Waals surface area contributed by atoms with Gasteiger partial charge < -0.3 is 9.73 Å². The van der Waals surface area contributed by atoms with Crippen LogP contribution in [0.4, 0.5) is 5.82 Å². The third kappa shape index (κ3) is 5.08. The predicted octanol–water partition coefficient (Wildman–Crippen LogP) is 5.18. The molecule has 160 valence electrons. The SMILES string of the molecule is Cc1oc2ccc(NC(=O)C3CCCCCC3)nc2c1CCN(C)Cc1nccs1. The zero-order valence-corrected chi connectivity index (χ0v) is 18.6. The van der Waals surface area contributed by atoms with E-state index < -0.39 is 0 Å². The van der Waals surface area contributed by atoms with Crippen LogP contribution in [0.25, 0.3) is 11.1 Å². The van der Waals surface area contributed by atoms with Crippen molar-refractivity contribution in [3.8, 4) is 0 Å². The Hall–Kier alpha value is -2.25. The van der Waals surface area contributed by atoms with Crippen molar-refractivity contribution in [1.29, 1.82) is 0 Å². The van der Waals surface area contributed by atoms with Gasteiger partial charge >= 0.3 is 0 Å². The summed E-state index contributed by atoms with van der Waals surface area (Å²) in [7, 11) is 2.10. The Bertz CT molecular complexity index is 975. The Morgan fingerprint density at radius 3 is 2.80 bits per heavy atom. The first-order chi connectivity index (χ1) is 14.6. The van der Waals surface area contributed by atoms with Gasteiger partial charge in [0.05, 0.1) is 6.54 Å². The van der Waals surface area contributed by atoms with Gasteiger partial charge in [0.25, 0.3) is 0 Å². The summed E-state index contributed by atoms with van der Waals surface area (Å²) in [6, 6.07) is 3.76. The van der Waals surface area contributed by atoms with Crippen molar-refractivity contribution in [2.45, 2.75) is 58.4 Å². The van der Waals surface area contributed by atoms with Crippen molar-refractivity contribution >= 4 is 34.2 Å². The van der Waals surface area contributed by atoms with E-state index in [4.69, 9.17) is 9.40 Å². The summed E-state index contributed by atoms with van der Waals surface area (Å²) >= 11 is 1.68. The summed E-state index contributed by atoms with van der Waals surface area (Å²) in [6.07, 6.45) is 9.41. The zero-order chi connectivity index (χ0) is 20.9. The van der Waals surface area contributed by atoms with E-state index in [0.29, 0.717) is 5.82 Å². The quantitative estimate of drug-likeness (QED) is 0.527. The molecule has 0 atom stereocenters. The third-order valence-corrected chi connectivity index (χ3v) is 6.71. The summed E-state index contributed by atoms with van der Waals surface area (Å²) in [4.78, 5) is 24.1. The topological polar surface area (TPSA) is 71.3 Å². The minimum absolute atomic E-state index is 0.105. The van der Waals surface area contributed by atoms with Crippen molar-refractivity contribution in [2.24, 2.45) is 5.92 Å². The van der Waals surface area contributed by atoms with Gasteiger partial charge in [-0.25, -0.2) is 9.97 Å². The second-order valence-electron chi connectivity index (χ2n) is 8.27. The van der Waals surface area contributed by atoms with Crippen LogP contribution in [0.3, 0.4) is 0 Å². The molecule has 1 saturated carbocycles. The summed E-state index contributed by atoms with van der Waals surface area (Å²) in [5, 5.41) is 6.18. The van der Waals surface area contributed by atoms with Crippen LogP contribution in [0, 0.1) is 12.8 Å². The minimum atomic E-state index is 0.105. The van der Waals surface area contributed by atoms with Crippen LogP contribution in [0.15, 0.2) is 28.1 Å². The largest absolute Gasteiger partial charge is 0.459 e. The van der Waals surface area contributed by atoms with Gasteiger partial charge in [0.1, 0.15) is 22.1 Å². The number of thiazole rings is 1. The first-order valence-electron chi connectivity index (χ1n) is 10.9. The van der Waals surface area contributed by atoms with Gasteiger partial charge in [0.15, 0.2) is 5.58 Å². The molecule has 1 aliphatic carbocycles. The molecule has 0 aliphatic heterocycles.